The number of hydrogen-bond acceptors (Lipinski definition) is 4. The first-order valence-electron chi connectivity index (χ1n) is 8.14. The summed E-state index contributed by atoms with van der Waals surface area (Å²) in [6.07, 6.45) is 1.27. The van der Waals surface area contributed by atoms with E-state index in [1.165, 1.54) is 4.70 Å². The van der Waals surface area contributed by atoms with Gasteiger partial charge in [0.2, 0.25) is 5.91 Å². The number of hydrogen-bond donors (Lipinski definition) is 2. The lowest BCUT2D eigenvalue weighted by atomic mass is 10.1. The summed E-state index contributed by atoms with van der Waals surface area (Å²) in [6.45, 7) is 3.97. The van der Waals surface area contributed by atoms with E-state index in [4.69, 9.17) is 12.2 Å². The third-order valence-electron chi connectivity index (χ3n) is 3.75. The molecule has 25 heavy (non-hydrogen) atoms. The number of nitrogens with one attached hydrogen (secondary N) is 2. The van der Waals surface area contributed by atoms with Crippen LogP contribution in [0.3, 0.4) is 0 Å². The maximum Gasteiger partial charge on any atom is 0.226 e. The third-order valence-corrected chi connectivity index (χ3v) is 5.04. The average Bonchev–Trinajstić information content (AvgIpc) is 3.01. The maximum atomic E-state index is 11.6. The summed E-state index contributed by atoms with van der Waals surface area (Å²) in [4.78, 5) is 16.3. The molecule has 128 valence electrons. The molecule has 0 aliphatic carbocycles. The van der Waals surface area contributed by atoms with Crippen LogP contribution >= 0.6 is 23.6 Å². The summed E-state index contributed by atoms with van der Waals surface area (Å²) in [5.74, 6) is -0.0660. The number of aromatic nitrogens is 1. The van der Waals surface area contributed by atoms with Crippen molar-refractivity contribution < 1.29 is 4.79 Å². The molecule has 0 aliphatic rings. The van der Waals surface area contributed by atoms with Gasteiger partial charge in [0.15, 0.2) is 5.11 Å². The van der Waals surface area contributed by atoms with Crippen LogP contribution in [0.2, 0.25) is 0 Å². The van der Waals surface area contributed by atoms with Crippen LogP contribution in [0.5, 0.6) is 0 Å². The van der Waals surface area contributed by atoms with Crippen molar-refractivity contribution in [1.29, 1.82) is 0 Å². The zero-order valence-corrected chi connectivity index (χ0v) is 15.8. The van der Waals surface area contributed by atoms with Crippen molar-refractivity contribution in [2.75, 3.05) is 5.32 Å². The minimum absolute atomic E-state index is 0.0660. The molecular weight excluding hydrogens is 350 g/mol. The lowest BCUT2D eigenvalue weighted by molar-refractivity contribution is -0.119. The number of anilines is 1. The second-order valence-electron chi connectivity index (χ2n) is 5.77. The fourth-order valence-electron chi connectivity index (χ4n) is 2.50. The number of carbonyl (C=O) groups excluding carboxylic acids is 1. The summed E-state index contributed by atoms with van der Waals surface area (Å²) >= 11 is 6.88. The molecule has 6 heteroatoms. The van der Waals surface area contributed by atoms with Crippen molar-refractivity contribution in [2.45, 2.75) is 26.7 Å². The molecule has 0 spiro atoms. The van der Waals surface area contributed by atoms with Crippen LogP contribution in [0.1, 0.15) is 25.3 Å². The van der Waals surface area contributed by atoms with Crippen molar-refractivity contribution in [3.05, 3.63) is 48.0 Å². The van der Waals surface area contributed by atoms with Crippen LogP contribution in [0, 0.1) is 6.92 Å². The number of fused-ring (bicyclic) bond motifs is 1. The second-order valence-corrected chi connectivity index (χ2v) is 7.21. The Morgan fingerprint density at radius 2 is 2.04 bits per heavy atom. The van der Waals surface area contributed by atoms with Crippen molar-refractivity contribution in [1.82, 2.24) is 10.3 Å². The number of nitrogens with zero attached hydrogens (tertiary/aromatic N) is 1. The molecule has 3 rings (SSSR count). The summed E-state index contributed by atoms with van der Waals surface area (Å²) < 4.78 is 1.18. The molecule has 0 fully saturated rings. The Bertz CT molecular complexity index is 900. The van der Waals surface area contributed by atoms with E-state index in [0.29, 0.717) is 11.5 Å². The van der Waals surface area contributed by atoms with Crippen molar-refractivity contribution in [3.8, 4) is 10.6 Å². The Labute approximate surface area is 156 Å². The standard InChI is InChI=1S/C19H19N3OS2/c1-3-6-17(23)22-19(24)21-14-10-9-13(11-12(14)2)18-20-15-7-4-5-8-16(15)25-18/h4-5,7-11H,3,6H2,1-2H3,(H2,21,22,23,24). The first-order chi connectivity index (χ1) is 12.1. The largest absolute Gasteiger partial charge is 0.332 e. The molecule has 4 nitrogen and oxygen atoms in total. The van der Waals surface area contributed by atoms with Crippen LogP contribution < -0.4 is 10.6 Å². The number of carbonyl (C=O) groups is 1. The zero-order valence-electron chi connectivity index (χ0n) is 14.1. The number of rotatable bonds is 4. The zero-order chi connectivity index (χ0) is 17.8. The Morgan fingerprint density at radius 3 is 2.76 bits per heavy atom. The van der Waals surface area contributed by atoms with Gasteiger partial charge >= 0.3 is 0 Å². The normalized spacial score (nSPS) is 10.6. The highest BCUT2D eigenvalue weighted by Crippen LogP contribution is 2.31. The minimum atomic E-state index is -0.0660. The molecule has 1 amide bonds. The summed E-state index contributed by atoms with van der Waals surface area (Å²) in [7, 11) is 0. The third kappa shape index (κ3) is 4.21. The molecule has 0 radical (unpaired) electrons. The van der Waals surface area contributed by atoms with Crippen LogP contribution in [0.15, 0.2) is 42.5 Å². The first kappa shape index (κ1) is 17.5. The van der Waals surface area contributed by atoms with Crippen molar-refractivity contribution in [2.24, 2.45) is 0 Å². The smallest absolute Gasteiger partial charge is 0.226 e. The van der Waals surface area contributed by atoms with Crippen molar-refractivity contribution in [3.63, 3.8) is 0 Å². The van der Waals surface area contributed by atoms with Gasteiger partial charge in [-0.25, -0.2) is 4.98 Å². The highest BCUT2D eigenvalue weighted by molar-refractivity contribution is 7.80. The van der Waals surface area contributed by atoms with Gasteiger partial charge in [0.1, 0.15) is 5.01 Å². The van der Waals surface area contributed by atoms with E-state index < -0.39 is 0 Å². The Hall–Kier alpha value is -2.31. The number of amides is 1. The molecule has 1 aromatic heterocycles. The topological polar surface area (TPSA) is 54.0 Å². The minimum Gasteiger partial charge on any atom is -0.332 e. The molecule has 0 bridgehead atoms. The van der Waals surface area contributed by atoms with Gasteiger partial charge < -0.3 is 10.6 Å². The quantitative estimate of drug-likeness (QED) is 0.643. The number of benzene rings is 2. The average molecular weight is 370 g/mol. The van der Waals surface area contributed by atoms with Crippen LogP contribution in [0.25, 0.3) is 20.8 Å². The lowest BCUT2D eigenvalue weighted by Crippen LogP contribution is -2.34. The first-order valence-corrected chi connectivity index (χ1v) is 9.36. The molecule has 0 unspecified atom stereocenters. The van der Waals surface area contributed by atoms with Gasteiger partial charge in [0, 0.05) is 17.7 Å². The summed E-state index contributed by atoms with van der Waals surface area (Å²) in [5.41, 5.74) is 4.02. The maximum absolute atomic E-state index is 11.6. The fourth-order valence-corrected chi connectivity index (χ4v) is 3.69. The molecule has 3 aromatic rings. The Balaban J connectivity index is 1.76. The van der Waals surface area contributed by atoms with Gasteiger partial charge in [-0.2, -0.15) is 0 Å². The van der Waals surface area contributed by atoms with Gasteiger partial charge in [-0.15, -0.1) is 11.3 Å². The SMILES string of the molecule is CCCC(=O)NC(=S)Nc1ccc(-c2nc3ccccc3s2)cc1C. The van der Waals surface area contributed by atoms with Gasteiger partial charge in [0.05, 0.1) is 10.2 Å². The van der Waals surface area contributed by atoms with Crippen LogP contribution in [-0.4, -0.2) is 16.0 Å². The van der Waals surface area contributed by atoms with Crippen molar-refractivity contribution >= 4 is 50.5 Å². The summed E-state index contributed by atoms with van der Waals surface area (Å²) in [5, 5.41) is 7.10. The number of thiocarbonyl (C=S) groups is 1. The van der Waals surface area contributed by atoms with Crippen LogP contribution in [0.4, 0.5) is 5.69 Å². The molecule has 1 heterocycles. The molecule has 0 aliphatic heterocycles. The molecule has 0 saturated heterocycles. The highest BCUT2D eigenvalue weighted by Gasteiger charge is 2.09. The van der Waals surface area contributed by atoms with Crippen LogP contribution in [-0.2, 0) is 4.79 Å². The second kappa shape index (κ2) is 7.72. The monoisotopic (exact) mass is 369 g/mol. The van der Waals surface area contributed by atoms with E-state index in [1.54, 1.807) is 11.3 Å². The van der Waals surface area contributed by atoms with Gasteiger partial charge in [-0.05, 0) is 61.5 Å². The van der Waals surface area contributed by atoms with E-state index in [0.717, 1.165) is 33.8 Å². The predicted molar refractivity (Wildman–Crippen MR) is 109 cm³/mol. The Morgan fingerprint density at radius 1 is 1.24 bits per heavy atom. The number of thiazole rings is 1. The molecule has 2 N–H and O–H groups in total. The molecule has 0 atom stereocenters. The summed E-state index contributed by atoms with van der Waals surface area (Å²) in [6, 6.07) is 14.2. The number of aryl methyl sites for hydroxylation is 1. The highest BCUT2D eigenvalue weighted by atomic mass is 32.1. The van der Waals surface area contributed by atoms with E-state index in [9.17, 15) is 4.79 Å². The molecule has 2 aromatic carbocycles. The van der Waals surface area contributed by atoms with Gasteiger partial charge in [-0.1, -0.05) is 19.1 Å². The number of para-hydroxylation sites is 1. The fraction of sp³-hybridized carbons (Fsp3) is 0.211. The lowest BCUT2D eigenvalue weighted by Gasteiger charge is -2.12. The van der Waals surface area contributed by atoms with E-state index in [2.05, 4.69) is 27.8 Å². The van der Waals surface area contributed by atoms with Gasteiger partial charge in [0.25, 0.3) is 0 Å². The predicted octanol–water partition coefficient (Wildman–Crippen LogP) is 4.88. The van der Waals surface area contributed by atoms with E-state index >= 15 is 0 Å². The van der Waals surface area contributed by atoms with Gasteiger partial charge in [-0.3, -0.25) is 4.79 Å². The Kier molecular flexibility index (Phi) is 5.40. The van der Waals surface area contributed by atoms with E-state index in [-0.39, 0.29) is 5.91 Å². The molecular formula is C19H19N3OS2. The molecule has 0 saturated carbocycles. The van der Waals surface area contributed by atoms with E-state index in [1.807, 2.05) is 44.2 Å².